The largest absolute Gasteiger partial charge is 0.363 e. The number of nitrogens with zero attached hydrogens (tertiary/aromatic N) is 6. The molecule has 3 unspecified atom stereocenters. The van der Waals surface area contributed by atoms with Crippen LogP contribution in [0.1, 0.15) is 332 Å². The molecule has 0 aromatic heterocycles. The Balaban J connectivity index is 0.000000198. The summed E-state index contributed by atoms with van der Waals surface area (Å²) in [7, 11) is 0. The summed E-state index contributed by atoms with van der Waals surface area (Å²) in [5.74, 6) is -7.40. The molecule has 12 fully saturated rings. The molecule has 37 heteroatoms. The number of hydrogen-bond acceptors (Lipinski definition) is 19. The number of rotatable bonds is 39. The van der Waals surface area contributed by atoms with Crippen LogP contribution in [-0.2, 0) is 67.1 Å². The SMILES string of the molecule is C=CCNC(=O)C(=O)C(CC1CC1)NC(=O)[C@@H]1[C@@H]2[C@H](CN1C(=O)[C@@H](NC(=O)N[C@H](CN1CCCCC1=O)C(C)(C)C)C1CCCCC1)C2(C)C.CC(C)(C)[C@H](NC(=O)N[C@H](CN1C(=O)c2ccccc2C1=O)C(C)(C)C)C(=O)N1C[C@@H]2CCC[C@@H]2[C@H]1C(=O)NC(CC1CCC1)C(=O)C(N)=O.CCCCC(NC(=O)[C@@H]1[C@@H]2[C@H](CN1C(=O)[C@@H](NC(=O)N[C@H](CN1CCCCC1=O)C(C)(C)C)C1CCCCC1)C2(C)C)C(=O)C(=O)NCC. The Morgan fingerprint density at radius 2 is 0.846 bits per heavy atom. The quantitative estimate of drug-likeness (QED) is 0.0166. The zero-order chi connectivity index (χ0) is 109. The molecule has 7 saturated carbocycles. The van der Waals surface area contributed by atoms with Gasteiger partial charge in [-0.3, -0.25) is 81.6 Å². The average Bonchev–Trinajstić information content (AvgIpc) is 1.56. The Hall–Kier alpha value is -10.9. The highest BCUT2D eigenvalue weighted by molar-refractivity contribution is 6.39. The van der Waals surface area contributed by atoms with Crippen molar-refractivity contribution in [3.63, 3.8) is 0 Å². The van der Waals surface area contributed by atoms with Crippen LogP contribution in [0.3, 0.4) is 0 Å². The van der Waals surface area contributed by atoms with E-state index in [4.69, 9.17) is 5.73 Å². The molecule has 13 aliphatic rings. The maximum Gasteiger partial charge on any atom is 0.315 e. The second-order valence-corrected chi connectivity index (χ2v) is 50.4. The molecule has 13 N–H and O–H groups in total. The number of Topliss-reactive ketones (excluding diaryl/α,β-unsaturated/α-hetero) is 3. The van der Waals surface area contributed by atoms with Crippen molar-refractivity contribution in [3.05, 3.63) is 48.0 Å². The van der Waals surface area contributed by atoms with Gasteiger partial charge in [-0.2, -0.15) is 0 Å². The van der Waals surface area contributed by atoms with Crippen molar-refractivity contribution >= 4 is 112 Å². The summed E-state index contributed by atoms with van der Waals surface area (Å²) in [5.41, 5.74) is 3.62. The molecule has 6 aliphatic heterocycles. The molecule has 6 heterocycles. The molecular formula is C112H174N18O19. The van der Waals surface area contributed by atoms with Gasteiger partial charge in [0.15, 0.2) is 0 Å². The van der Waals surface area contributed by atoms with Gasteiger partial charge in [0.05, 0.1) is 53.9 Å². The minimum Gasteiger partial charge on any atom is -0.363 e. The summed E-state index contributed by atoms with van der Waals surface area (Å²) in [6.07, 6.45) is 25.1. The molecule has 0 bridgehead atoms. The highest BCUT2D eigenvalue weighted by atomic mass is 16.2. The Morgan fingerprint density at radius 3 is 1.26 bits per heavy atom. The Kier molecular flexibility index (Phi) is 38.6. The van der Waals surface area contributed by atoms with E-state index in [1.54, 1.807) is 41.0 Å². The minimum absolute atomic E-state index is 0.0683. The standard InChI is InChI=1S/C38H60N6O6.C37H52N6O7.C37H62N6O6/c1-7-18-39-34(48)32(46)26(20-23-16-17-23)40-33(47)31-29-25(38(29,5)6)21-44(31)35(49)30(24-13-9-8-10-14-24)42-36(50)41-27(37(2,3)4)22-43-19-12-11-15-28(43)45;1-36(2,3)26(19-43-32(47)23-14-7-8-15-24(23)33(43)48)40-35(50)41-29(37(4,5)6)34(49)42-18-21-13-10-16-22(21)27(42)31(46)39-25(28(44)30(38)45)17-20-11-9-12-20;1-8-10-18-25(31(45)33(47)38-9-2)39-32(46)30-28-24(37(28,6)7)21-43(30)34(48)29(23-16-12-11-13-17-23)41-35(49)40-26(36(3,4)5)22-42-20-15-14-19-27(42)44/h7,23-27,29-31H,1,8-22H2,2-6H3,(H,39,48)(H,40,47)(H2,41,42,50);7-8,14-15,20-22,25-27,29H,9-13,16-19H2,1-6H3,(H2,38,45)(H,39,46)(H2,40,41,50);23-26,28-30H,8-22H2,1-7H3,(H,38,47)(H,39,46)(H2,40,41,49)/t25-,26?,27+,29-,30-,31-;21-,22-,25?,26+,27-,29+;24-,25?,26+,28-,29-,30-/m000/s1. The summed E-state index contributed by atoms with van der Waals surface area (Å²) in [5, 5.41) is 31.8. The maximum absolute atomic E-state index is 14.7. The van der Waals surface area contributed by atoms with E-state index in [0.717, 1.165) is 153 Å². The third-order valence-corrected chi connectivity index (χ3v) is 34.9. The lowest BCUT2D eigenvalue weighted by Crippen LogP contribution is -2.62. The third-order valence-electron chi connectivity index (χ3n) is 34.9. The fraction of sp³-hybridized carbons (Fsp3) is 0.759. The lowest BCUT2D eigenvalue weighted by Gasteiger charge is -2.39. The molecule has 19 amide bonds. The van der Waals surface area contributed by atoms with Gasteiger partial charge in [-0.05, 0) is 194 Å². The molecule has 7 aliphatic carbocycles. The first-order chi connectivity index (χ1) is 70.1. The number of nitrogens with two attached hydrogens (primary N) is 1. The summed E-state index contributed by atoms with van der Waals surface area (Å²) in [6, 6.07) is -4.48. The van der Waals surface area contributed by atoms with Gasteiger partial charge in [-0.15, -0.1) is 6.58 Å². The number of ketones is 3. The van der Waals surface area contributed by atoms with Gasteiger partial charge in [0, 0.05) is 71.7 Å². The van der Waals surface area contributed by atoms with Crippen molar-refractivity contribution in [3.8, 4) is 0 Å². The van der Waals surface area contributed by atoms with Crippen molar-refractivity contribution in [2.75, 3.05) is 65.4 Å². The summed E-state index contributed by atoms with van der Waals surface area (Å²) >= 11 is 0. The Labute approximate surface area is 880 Å². The van der Waals surface area contributed by atoms with Crippen LogP contribution in [0.5, 0.6) is 0 Å². The molecule has 826 valence electrons. The van der Waals surface area contributed by atoms with Crippen LogP contribution in [0.25, 0.3) is 0 Å². The molecule has 14 rings (SSSR count). The number of piperidine rings is 4. The van der Waals surface area contributed by atoms with E-state index < -0.39 is 160 Å². The van der Waals surface area contributed by atoms with E-state index in [2.05, 4.69) is 92.8 Å². The van der Waals surface area contributed by atoms with Crippen molar-refractivity contribution in [2.45, 2.75) is 383 Å². The zero-order valence-corrected chi connectivity index (χ0v) is 91.9. The van der Waals surface area contributed by atoms with Crippen molar-refractivity contribution in [2.24, 2.45) is 97.4 Å². The van der Waals surface area contributed by atoms with E-state index in [9.17, 15) is 91.1 Å². The van der Waals surface area contributed by atoms with Crippen LogP contribution < -0.4 is 64.2 Å². The fourth-order valence-electron chi connectivity index (χ4n) is 24.8. The number of fused-ring (bicyclic) bond motifs is 4. The van der Waals surface area contributed by atoms with E-state index in [1.807, 2.05) is 99.8 Å². The number of amides is 19. The van der Waals surface area contributed by atoms with E-state index >= 15 is 0 Å². The molecule has 149 heavy (non-hydrogen) atoms. The summed E-state index contributed by atoms with van der Waals surface area (Å²) in [6.45, 7) is 42.6. The second kappa shape index (κ2) is 49.2. The average molecular weight is 2080 g/mol. The number of carbonyl (C=O) groups excluding carboxylic acids is 19. The number of hydrogen-bond donors (Lipinski definition) is 12. The first-order valence-electron chi connectivity index (χ1n) is 55.8. The maximum atomic E-state index is 14.7. The predicted molar refractivity (Wildman–Crippen MR) is 561 cm³/mol. The van der Waals surface area contributed by atoms with E-state index in [0.29, 0.717) is 102 Å². The highest BCUT2D eigenvalue weighted by Crippen LogP contribution is 2.66. The molecular weight excluding hydrogens is 1900 g/mol. The van der Waals surface area contributed by atoms with Crippen molar-refractivity contribution < 1.29 is 91.1 Å². The number of primary amides is 1. The third kappa shape index (κ3) is 28.5. The molecule has 0 spiro atoms. The van der Waals surface area contributed by atoms with Crippen LogP contribution in [0.15, 0.2) is 36.9 Å². The summed E-state index contributed by atoms with van der Waals surface area (Å²) < 4.78 is 0. The zero-order valence-electron chi connectivity index (χ0n) is 91.9. The van der Waals surface area contributed by atoms with Crippen LogP contribution in [0.2, 0.25) is 0 Å². The number of likely N-dealkylation sites (N-methyl/N-ethyl adjacent to an activating group) is 1. The van der Waals surface area contributed by atoms with Gasteiger partial charge in [-0.1, -0.05) is 226 Å². The number of likely N-dealkylation sites (tertiary alicyclic amines) is 5. The molecule has 5 saturated heterocycles. The van der Waals surface area contributed by atoms with Crippen LogP contribution >= 0.6 is 0 Å². The molecule has 0 radical (unpaired) electrons. The summed E-state index contributed by atoms with van der Waals surface area (Å²) in [4.78, 5) is 265. The van der Waals surface area contributed by atoms with Gasteiger partial charge in [0.25, 0.3) is 29.5 Å². The van der Waals surface area contributed by atoms with Crippen molar-refractivity contribution in [1.29, 1.82) is 0 Å². The minimum atomic E-state index is -1.10. The topological polar surface area (TPSA) is 502 Å². The monoisotopic (exact) mass is 2080 g/mol. The first kappa shape index (κ1) is 117. The number of benzene rings is 1. The van der Waals surface area contributed by atoms with Gasteiger partial charge in [0.2, 0.25) is 64.6 Å². The first-order valence-corrected chi connectivity index (χ1v) is 55.8. The number of carbonyl (C=O) groups is 19. The fourth-order valence-corrected chi connectivity index (χ4v) is 24.8. The van der Waals surface area contributed by atoms with Crippen molar-refractivity contribution in [1.82, 2.24) is 87.9 Å². The number of nitrogens with one attached hydrogen (secondary N) is 11. The lowest BCUT2D eigenvalue weighted by molar-refractivity contribution is -0.145. The predicted octanol–water partition coefficient (Wildman–Crippen LogP) is 9.59. The smallest absolute Gasteiger partial charge is 0.315 e. The number of unbranched alkanes of at least 4 members (excludes halogenated alkanes) is 1. The molecule has 1 aromatic carbocycles. The van der Waals surface area contributed by atoms with Crippen LogP contribution in [-0.4, -0.2) is 280 Å². The van der Waals surface area contributed by atoms with Crippen LogP contribution in [0.4, 0.5) is 14.4 Å². The highest BCUT2D eigenvalue weighted by Gasteiger charge is 2.72. The molecule has 18 atom stereocenters. The lowest BCUT2D eigenvalue weighted by atomic mass is 9.80. The van der Waals surface area contributed by atoms with Crippen LogP contribution in [0, 0.1) is 91.7 Å². The second-order valence-electron chi connectivity index (χ2n) is 50.4. The Morgan fingerprint density at radius 1 is 0.436 bits per heavy atom. The van der Waals surface area contributed by atoms with Gasteiger partial charge < -0.3 is 88.7 Å². The molecule has 1 aromatic rings. The van der Waals surface area contributed by atoms with Gasteiger partial charge in [0.1, 0.15) is 36.3 Å². The molecule has 37 nitrogen and oxygen atoms in total. The number of imide groups is 1. The normalized spacial score (nSPS) is 25.3. The van der Waals surface area contributed by atoms with E-state index in [-0.39, 0.29) is 130 Å². The van der Waals surface area contributed by atoms with Gasteiger partial charge >= 0.3 is 18.1 Å². The Bertz CT molecular complexity index is 5070. The van der Waals surface area contributed by atoms with Gasteiger partial charge in [-0.25, -0.2) is 14.4 Å². The number of urea groups is 3. The van der Waals surface area contributed by atoms with E-state index in [1.165, 1.54) is 11.0 Å².